The summed E-state index contributed by atoms with van der Waals surface area (Å²) in [5.41, 5.74) is 5.76. The second kappa shape index (κ2) is 7.17. The number of nitrogens with one attached hydrogen (secondary N) is 1. The zero-order chi connectivity index (χ0) is 13.5. The van der Waals surface area contributed by atoms with Crippen molar-refractivity contribution in [1.82, 2.24) is 9.88 Å². The van der Waals surface area contributed by atoms with Crippen molar-refractivity contribution in [2.45, 2.75) is 13.3 Å². The average molecular weight is 272 g/mol. The van der Waals surface area contributed by atoms with E-state index in [1.54, 1.807) is 19.1 Å². The molecule has 0 bridgehead atoms. The van der Waals surface area contributed by atoms with E-state index in [1.807, 2.05) is 0 Å². The molecule has 7 heteroatoms. The molecule has 0 aliphatic carbocycles. The van der Waals surface area contributed by atoms with Gasteiger partial charge in [0.05, 0.1) is 6.61 Å². The van der Waals surface area contributed by atoms with Crippen LogP contribution in [0.5, 0.6) is 0 Å². The Morgan fingerprint density at radius 3 is 2.94 bits per heavy atom. The van der Waals surface area contributed by atoms with E-state index in [-0.39, 0.29) is 11.7 Å². The van der Waals surface area contributed by atoms with Crippen molar-refractivity contribution in [3.05, 3.63) is 4.88 Å². The third-order valence-electron chi connectivity index (χ3n) is 2.35. The van der Waals surface area contributed by atoms with Crippen LogP contribution in [0.1, 0.15) is 23.0 Å². The zero-order valence-corrected chi connectivity index (χ0v) is 11.8. The van der Waals surface area contributed by atoms with Gasteiger partial charge in [0, 0.05) is 27.2 Å². The van der Waals surface area contributed by atoms with Gasteiger partial charge in [-0.15, -0.1) is 0 Å². The molecule has 1 amide bonds. The van der Waals surface area contributed by atoms with Gasteiger partial charge in [-0.1, -0.05) is 18.3 Å². The number of aromatic nitrogens is 1. The summed E-state index contributed by atoms with van der Waals surface area (Å²) in [4.78, 5) is 18.3. The number of likely N-dealkylation sites (N-methyl/N-ethyl adjacent to an activating group) is 1. The first-order valence-corrected chi connectivity index (χ1v) is 6.66. The Balaban J connectivity index is 2.69. The van der Waals surface area contributed by atoms with Crippen molar-refractivity contribution in [2.75, 3.05) is 44.9 Å². The first-order valence-electron chi connectivity index (χ1n) is 5.84. The number of amides is 1. The summed E-state index contributed by atoms with van der Waals surface area (Å²) in [6.07, 6.45) is 0.997. The molecule has 0 aliphatic heterocycles. The Bertz CT molecular complexity index is 394. The highest BCUT2D eigenvalue weighted by Crippen LogP contribution is 2.25. The van der Waals surface area contributed by atoms with Crippen molar-refractivity contribution < 1.29 is 9.53 Å². The number of thiazole rings is 1. The van der Waals surface area contributed by atoms with E-state index in [2.05, 4.69) is 17.2 Å². The van der Waals surface area contributed by atoms with Crippen molar-refractivity contribution >= 4 is 28.2 Å². The SMILES string of the molecule is CCCNc1nc(N)c(C(=O)N(C)CCOC)s1. The predicted molar refractivity (Wildman–Crippen MR) is 74.1 cm³/mol. The molecule has 3 N–H and O–H groups in total. The third-order valence-corrected chi connectivity index (χ3v) is 3.37. The van der Waals surface area contributed by atoms with E-state index in [9.17, 15) is 4.79 Å². The summed E-state index contributed by atoms with van der Waals surface area (Å²) in [6.45, 7) is 3.92. The first-order chi connectivity index (χ1) is 8.60. The van der Waals surface area contributed by atoms with Crippen molar-refractivity contribution in [3.8, 4) is 0 Å². The third kappa shape index (κ3) is 3.85. The number of carbonyl (C=O) groups excluding carboxylic acids is 1. The number of nitrogens with two attached hydrogens (primary N) is 1. The molecule has 0 saturated carbocycles. The monoisotopic (exact) mass is 272 g/mol. The number of nitrogen functional groups attached to an aromatic ring is 1. The molecule has 0 fully saturated rings. The summed E-state index contributed by atoms with van der Waals surface area (Å²) in [5, 5.41) is 3.82. The maximum atomic E-state index is 12.1. The van der Waals surface area contributed by atoms with Crippen LogP contribution in [0.4, 0.5) is 10.9 Å². The van der Waals surface area contributed by atoms with Crippen molar-refractivity contribution in [1.29, 1.82) is 0 Å². The smallest absolute Gasteiger partial charge is 0.267 e. The quantitative estimate of drug-likeness (QED) is 0.781. The lowest BCUT2D eigenvalue weighted by Gasteiger charge is -2.15. The topological polar surface area (TPSA) is 80.5 Å². The Morgan fingerprint density at radius 1 is 1.61 bits per heavy atom. The minimum absolute atomic E-state index is 0.119. The Hall–Kier alpha value is -1.34. The zero-order valence-electron chi connectivity index (χ0n) is 11.0. The fourth-order valence-corrected chi connectivity index (χ4v) is 2.20. The van der Waals surface area contributed by atoms with Crippen LogP contribution in [0.2, 0.25) is 0 Å². The molecule has 1 heterocycles. The molecule has 0 spiro atoms. The summed E-state index contributed by atoms with van der Waals surface area (Å²) in [5.74, 6) is 0.166. The van der Waals surface area contributed by atoms with Crippen LogP contribution in [0.15, 0.2) is 0 Å². The van der Waals surface area contributed by atoms with E-state index in [1.165, 1.54) is 11.3 Å². The highest BCUT2D eigenvalue weighted by atomic mass is 32.1. The lowest BCUT2D eigenvalue weighted by atomic mass is 10.4. The fraction of sp³-hybridized carbons (Fsp3) is 0.636. The fourth-order valence-electron chi connectivity index (χ4n) is 1.30. The van der Waals surface area contributed by atoms with Gasteiger partial charge in [-0.2, -0.15) is 0 Å². The molecule has 102 valence electrons. The number of anilines is 2. The van der Waals surface area contributed by atoms with E-state index >= 15 is 0 Å². The highest BCUT2D eigenvalue weighted by Gasteiger charge is 2.19. The number of hydrogen-bond donors (Lipinski definition) is 2. The summed E-state index contributed by atoms with van der Waals surface area (Å²) in [7, 11) is 3.33. The molecule has 0 aromatic carbocycles. The van der Waals surface area contributed by atoms with Crippen LogP contribution < -0.4 is 11.1 Å². The summed E-state index contributed by atoms with van der Waals surface area (Å²) >= 11 is 1.29. The summed E-state index contributed by atoms with van der Waals surface area (Å²) < 4.78 is 4.94. The van der Waals surface area contributed by atoms with E-state index in [4.69, 9.17) is 10.5 Å². The normalized spacial score (nSPS) is 10.4. The van der Waals surface area contributed by atoms with Gasteiger partial charge in [-0.05, 0) is 6.42 Å². The van der Waals surface area contributed by atoms with Gasteiger partial charge in [0.2, 0.25) is 0 Å². The van der Waals surface area contributed by atoms with Crippen LogP contribution in [-0.2, 0) is 4.74 Å². The molecule has 18 heavy (non-hydrogen) atoms. The number of carbonyl (C=O) groups is 1. The van der Waals surface area contributed by atoms with E-state index in [0.29, 0.717) is 23.2 Å². The van der Waals surface area contributed by atoms with Gasteiger partial charge in [-0.3, -0.25) is 4.79 Å². The minimum Gasteiger partial charge on any atom is -0.383 e. The Kier molecular flexibility index (Phi) is 5.87. The van der Waals surface area contributed by atoms with E-state index < -0.39 is 0 Å². The molecule has 0 atom stereocenters. The van der Waals surface area contributed by atoms with Gasteiger partial charge >= 0.3 is 0 Å². The molecule has 0 saturated heterocycles. The molecule has 1 rings (SSSR count). The molecule has 1 aromatic rings. The van der Waals surface area contributed by atoms with E-state index in [0.717, 1.165) is 13.0 Å². The second-order valence-corrected chi connectivity index (χ2v) is 4.88. The number of nitrogens with zero attached hydrogens (tertiary/aromatic N) is 2. The van der Waals surface area contributed by atoms with Crippen LogP contribution >= 0.6 is 11.3 Å². The molecule has 1 aromatic heterocycles. The summed E-state index contributed by atoms with van der Waals surface area (Å²) in [6, 6.07) is 0. The second-order valence-electron chi connectivity index (χ2n) is 3.88. The molecular formula is C11H20N4O2S. The van der Waals surface area contributed by atoms with Gasteiger partial charge in [0.1, 0.15) is 10.7 Å². The van der Waals surface area contributed by atoms with Crippen molar-refractivity contribution in [3.63, 3.8) is 0 Å². The maximum absolute atomic E-state index is 12.1. The Labute approximate surface area is 111 Å². The number of hydrogen-bond acceptors (Lipinski definition) is 6. The highest BCUT2D eigenvalue weighted by molar-refractivity contribution is 7.18. The number of methoxy groups -OCH3 is 1. The molecule has 0 radical (unpaired) electrons. The van der Waals surface area contributed by atoms with Crippen molar-refractivity contribution in [2.24, 2.45) is 0 Å². The molecule has 0 aliphatic rings. The average Bonchev–Trinajstić information content (AvgIpc) is 2.73. The Morgan fingerprint density at radius 2 is 2.33 bits per heavy atom. The van der Waals surface area contributed by atoms with Crippen LogP contribution in [-0.4, -0.2) is 49.6 Å². The van der Waals surface area contributed by atoms with Gasteiger partial charge in [0.15, 0.2) is 5.13 Å². The first kappa shape index (κ1) is 14.7. The predicted octanol–water partition coefficient (Wildman–Crippen LogP) is 1.27. The maximum Gasteiger partial charge on any atom is 0.267 e. The number of ether oxygens (including phenoxy) is 1. The van der Waals surface area contributed by atoms with Crippen LogP contribution in [0.3, 0.4) is 0 Å². The number of rotatable bonds is 7. The van der Waals surface area contributed by atoms with Crippen LogP contribution in [0, 0.1) is 0 Å². The lowest BCUT2D eigenvalue weighted by Crippen LogP contribution is -2.29. The van der Waals surface area contributed by atoms with Gasteiger partial charge in [-0.25, -0.2) is 4.98 Å². The molecule has 6 nitrogen and oxygen atoms in total. The van der Waals surface area contributed by atoms with Crippen LogP contribution in [0.25, 0.3) is 0 Å². The lowest BCUT2D eigenvalue weighted by molar-refractivity contribution is 0.0749. The van der Waals surface area contributed by atoms with Gasteiger partial charge < -0.3 is 20.7 Å². The standard InChI is InChI=1S/C11H20N4O2S/c1-4-5-13-11-14-9(12)8(18-11)10(16)15(2)6-7-17-3/h4-7,12H2,1-3H3,(H,13,14). The molecular weight excluding hydrogens is 252 g/mol. The largest absolute Gasteiger partial charge is 0.383 e. The molecule has 0 unspecified atom stereocenters. The van der Waals surface area contributed by atoms with Gasteiger partial charge in [0.25, 0.3) is 5.91 Å². The minimum atomic E-state index is -0.119.